The lowest BCUT2D eigenvalue weighted by Crippen LogP contribution is -2.38. The number of nitrogens with one attached hydrogen (secondary N) is 1. The smallest absolute Gasteiger partial charge is 0.224 e. The van der Waals surface area contributed by atoms with E-state index in [0.29, 0.717) is 13.0 Å². The second kappa shape index (κ2) is 5.66. The number of rotatable bonds is 4. The molecule has 1 atom stereocenters. The van der Waals surface area contributed by atoms with Gasteiger partial charge >= 0.3 is 0 Å². The van der Waals surface area contributed by atoms with Gasteiger partial charge < -0.3 is 11.1 Å². The van der Waals surface area contributed by atoms with Gasteiger partial charge in [0, 0.05) is 12.6 Å². The molecule has 3 N–H and O–H groups in total. The molecule has 3 heteroatoms. The summed E-state index contributed by atoms with van der Waals surface area (Å²) in [5, 5.41) is 2.86. The molecular formula is C13H20N2O. The van der Waals surface area contributed by atoms with E-state index < -0.39 is 0 Å². The molecule has 0 spiro atoms. The van der Waals surface area contributed by atoms with Crippen LogP contribution in [0.5, 0.6) is 0 Å². The summed E-state index contributed by atoms with van der Waals surface area (Å²) in [7, 11) is 0. The van der Waals surface area contributed by atoms with Gasteiger partial charge in [0.15, 0.2) is 0 Å². The first kappa shape index (κ1) is 12.7. The Hall–Kier alpha value is -1.35. The molecule has 0 aliphatic heterocycles. The standard InChI is InChI=1S/C13H20N2O/c1-9-4-5-10(2)12(6-9)7-13(16)15-11(3)8-14/h4-6,11H,7-8,14H2,1-3H3,(H,15,16). The molecule has 0 bridgehead atoms. The Labute approximate surface area is 97.0 Å². The van der Waals surface area contributed by atoms with Crippen molar-refractivity contribution in [2.75, 3.05) is 6.54 Å². The third-order valence-corrected chi connectivity index (χ3v) is 2.62. The van der Waals surface area contributed by atoms with Gasteiger partial charge in [-0.25, -0.2) is 0 Å². The van der Waals surface area contributed by atoms with E-state index in [2.05, 4.69) is 17.4 Å². The fourth-order valence-electron chi connectivity index (χ4n) is 1.55. The van der Waals surface area contributed by atoms with E-state index in [0.717, 1.165) is 11.1 Å². The van der Waals surface area contributed by atoms with Crippen LogP contribution in [0.3, 0.4) is 0 Å². The van der Waals surface area contributed by atoms with Gasteiger partial charge in [0.05, 0.1) is 6.42 Å². The van der Waals surface area contributed by atoms with Crippen LogP contribution in [0.4, 0.5) is 0 Å². The van der Waals surface area contributed by atoms with Crippen LogP contribution >= 0.6 is 0 Å². The molecule has 0 heterocycles. The SMILES string of the molecule is Cc1ccc(C)c(CC(=O)NC(C)CN)c1. The first-order chi connectivity index (χ1) is 7.52. The van der Waals surface area contributed by atoms with Crippen molar-refractivity contribution in [3.05, 3.63) is 34.9 Å². The van der Waals surface area contributed by atoms with Gasteiger partial charge in [-0.2, -0.15) is 0 Å². The lowest BCUT2D eigenvalue weighted by Gasteiger charge is -2.12. The maximum atomic E-state index is 11.7. The summed E-state index contributed by atoms with van der Waals surface area (Å²) >= 11 is 0. The summed E-state index contributed by atoms with van der Waals surface area (Å²) in [6.45, 7) is 6.43. The Morgan fingerprint density at radius 3 is 2.75 bits per heavy atom. The van der Waals surface area contributed by atoms with E-state index in [1.807, 2.05) is 26.8 Å². The maximum absolute atomic E-state index is 11.7. The average molecular weight is 220 g/mol. The molecule has 0 aliphatic carbocycles. The van der Waals surface area contributed by atoms with E-state index in [-0.39, 0.29) is 11.9 Å². The van der Waals surface area contributed by atoms with Gasteiger partial charge in [0.25, 0.3) is 0 Å². The third kappa shape index (κ3) is 3.66. The molecule has 1 aromatic rings. The summed E-state index contributed by atoms with van der Waals surface area (Å²) in [6.07, 6.45) is 0.428. The minimum absolute atomic E-state index is 0.0339. The lowest BCUT2D eigenvalue weighted by atomic mass is 10.0. The van der Waals surface area contributed by atoms with Crippen molar-refractivity contribution in [1.82, 2.24) is 5.32 Å². The predicted molar refractivity (Wildman–Crippen MR) is 66.3 cm³/mol. The van der Waals surface area contributed by atoms with E-state index in [1.165, 1.54) is 5.56 Å². The molecule has 1 aromatic carbocycles. The van der Waals surface area contributed by atoms with Crippen LogP contribution in [-0.4, -0.2) is 18.5 Å². The average Bonchev–Trinajstić information content (AvgIpc) is 2.23. The molecule has 0 saturated carbocycles. The Morgan fingerprint density at radius 2 is 2.12 bits per heavy atom. The minimum Gasteiger partial charge on any atom is -0.352 e. The maximum Gasteiger partial charge on any atom is 0.224 e. The summed E-state index contributed by atoms with van der Waals surface area (Å²) in [5.41, 5.74) is 8.87. The second-order valence-electron chi connectivity index (χ2n) is 4.31. The molecule has 3 nitrogen and oxygen atoms in total. The topological polar surface area (TPSA) is 55.1 Å². The third-order valence-electron chi connectivity index (χ3n) is 2.62. The largest absolute Gasteiger partial charge is 0.352 e. The zero-order chi connectivity index (χ0) is 12.1. The van der Waals surface area contributed by atoms with E-state index >= 15 is 0 Å². The number of amides is 1. The van der Waals surface area contributed by atoms with Crippen LogP contribution in [0, 0.1) is 13.8 Å². The van der Waals surface area contributed by atoms with Gasteiger partial charge in [-0.3, -0.25) is 4.79 Å². The summed E-state index contributed by atoms with van der Waals surface area (Å²) in [4.78, 5) is 11.7. The molecular weight excluding hydrogens is 200 g/mol. The van der Waals surface area contributed by atoms with Gasteiger partial charge in [0.2, 0.25) is 5.91 Å². The molecule has 0 fully saturated rings. The van der Waals surface area contributed by atoms with Crippen molar-refractivity contribution in [1.29, 1.82) is 0 Å². The van der Waals surface area contributed by atoms with Gasteiger partial charge in [0.1, 0.15) is 0 Å². The highest BCUT2D eigenvalue weighted by atomic mass is 16.1. The van der Waals surface area contributed by atoms with Gasteiger partial charge in [-0.05, 0) is 31.9 Å². The number of hydrogen-bond acceptors (Lipinski definition) is 2. The molecule has 16 heavy (non-hydrogen) atoms. The second-order valence-corrected chi connectivity index (χ2v) is 4.31. The Morgan fingerprint density at radius 1 is 1.44 bits per heavy atom. The number of benzene rings is 1. The van der Waals surface area contributed by atoms with Crippen LogP contribution in [0.1, 0.15) is 23.6 Å². The molecule has 0 aliphatic rings. The van der Waals surface area contributed by atoms with Gasteiger partial charge in [-0.1, -0.05) is 23.8 Å². The normalized spacial score (nSPS) is 12.2. The Bertz CT molecular complexity index is 374. The molecule has 1 unspecified atom stereocenters. The zero-order valence-electron chi connectivity index (χ0n) is 10.2. The summed E-state index contributed by atoms with van der Waals surface area (Å²) in [5.74, 6) is 0.0339. The van der Waals surface area contributed by atoms with Crippen molar-refractivity contribution in [2.24, 2.45) is 5.73 Å². The molecule has 0 saturated heterocycles. The minimum atomic E-state index is 0.0339. The van der Waals surface area contributed by atoms with Crippen LogP contribution in [0.25, 0.3) is 0 Å². The summed E-state index contributed by atoms with van der Waals surface area (Å²) in [6, 6.07) is 6.20. The number of nitrogens with two attached hydrogens (primary N) is 1. The Balaban J connectivity index is 2.65. The highest BCUT2D eigenvalue weighted by molar-refractivity contribution is 5.79. The molecule has 1 rings (SSSR count). The first-order valence-corrected chi connectivity index (χ1v) is 5.58. The molecule has 0 aromatic heterocycles. The molecule has 1 amide bonds. The highest BCUT2D eigenvalue weighted by Gasteiger charge is 2.08. The first-order valence-electron chi connectivity index (χ1n) is 5.58. The fraction of sp³-hybridized carbons (Fsp3) is 0.462. The van der Waals surface area contributed by atoms with Crippen molar-refractivity contribution in [3.8, 4) is 0 Å². The molecule has 88 valence electrons. The summed E-state index contributed by atoms with van der Waals surface area (Å²) < 4.78 is 0. The van der Waals surface area contributed by atoms with Crippen LogP contribution in [0.15, 0.2) is 18.2 Å². The van der Waals surface area contributed by atoms with Crippen molar-refractivity contribution >= 4 is 5.91 Å². The predicted octanol–water partition coefficient (Wildman–Crippen LogP) is 1.31. The number of carbonyl (C=O) groups is 1. The van der Waals surface area contributed by atoms with Crippen molar-refractivity contribution in [3.63, 3.8) is 0 Å². The van der Waals surface area contributed by atoms with E-state index in [4.69, 9.17) is 5.73 Å². The lowest BCUT2D eigenvalue weighted by molar-refractivity contribution is -0.121. The quantitative estimate of drug-likeness (QED) is 0.804. The van der Waals surface area contributed by atoms with Crippen molar-refractivity contribution in [2.45, 2.75) is 33.2 Å². The van der Waals surface area contributed by atoms with E-state index in [1.54, 1.807) is 0 Å². The monoisotopic (exact) mass is 220 g/mol. The number of hydrogen-bond donors (Lipinski definition) is 2. The van der Waals surface area contributed by atoms with Crippen molar-refractivity contribution < 1.29 is 4.79 Å². The Kier molecular flexibility index (Phi) is 4.50. The number of aryl methyl sites for hydroxylation is 2. The van der Waals surface area contributed by atoms with E-state index in [9.17, 15) is 4.79 Å². The van der Waals surface area contributed by atoms with Crippen LogP contribution in [-0.2, 0) is 11.2 Å². The number of carbonyl (C=O) groups excluding carboxylic acids is 1. The fourth-order valence-corrected chi connectivity index (χ4v) is 1.55. The van der Waals surface area contributed by atoms with Gasteiger partial charge in [-0.15, -0.1) is 0 Å². The zero-order valence-corrected chi connectivity index (χ0v) is 10.2. The molecule has 0 radical (unpaired) electrons. The van der Waals surface area contributed by atoms with Crippen LogP contribution < -0.4 is 11.1 Å². The van der Waals surface area contributed by atoms with Crippen LogP contribution in [0.2, 0.25) is 0 Å². The highest BCUT2D eigenvalue weighted by Crippen LogP contribution is 2.11.